The summed E-state index contributed by atoms with van der Waals surface area (Å²) in [5.41, 5.74) is 9.76. The van der Waals surface area contributed by atoms with E-state index in [0.29, 0.717) is 5.82 Å². The third kappa shape index (κ3) is 2.25. The topological polar surface area (TPSA) is 64.9 Å². The predicted octanol–water partition coefficient (Wildman–Crippen LogP) is 3.53. The molecule has 1 aromatic heterocycles. The van der Waals surface area contributed by atoms with Crippen LogP contribution in [0.15, 0.2) is 22.7 Å². The van der Waals surface area contributed by atoms with Gasteiger partial charge in [-0.15, -0.1) is 12.4 Å². The zero-order valence-electron chi connectivity index (χ0n) is 13.1. The van der Waals surface area contributed by atoms with E-state index in [-0.39, 0.29) is 23.4 Å². The Balaban J connectivity index is 0.00000144. The van der Waals surface area contributed by atoms with E-state index >= 15 is 0 Å². The lowest BCUT2D eigenvalue weighted by Crippen LogP contribution is -2.44. The second-order valence-electron chi connectivity index (χ2n) is 6.89. The minimum Gasteiger partial charge on any atom is -0.338 e. The maximum Gasteiger partial charge on any atom is 0.237 e. The van der Waals surface area contributed by atoms with Gasteiger partial charge in [0, 0.05) is 0 Å². The van der Waals surface area contributed by atoms with E-state index < -0.39 is 0 Å². The quantitative estimate of drug-likeness (QED) is 0.940. The van der Waals surface area contributed by atoms with E-state index in [0.717, 1.165) is 38.0 Å². The molecule has 0 saturated heterocycles. The Hall–Kier alpha value is -1.39. The van der Waals surface area contributed by atoms with Gasteiger partial charge in [0.05, 0.1) is 11.0 Å². The molecular formula is C17H22ClN3O. The van der Waals surface area contributed by atoms with Crippen LogP contribution in [-0.4, -0.2) is 10.1 Å². The number of aryl methyl sites for hydroxylation is 2. The van der Waals surface area contributed by atoms with Crippen molar-refractivity contribution in [1.82, 2.24) is 10.1 Å². The van der Waals surface area contributed by atoms with Crippen LogP contribution in [-0.2, 0) is 11.0 Å². The molecule has 0 amide bonds. The highest BCUT2D eigenvalue weighted by molar-refractivity contribution is 5.85. The fourth-order valence-electron chi connectivity index (χ4n) is 3.40. The van der Waals surface area contributed by atoms with E-state index in [4.69, 9.17) is 10.3 Å². The molecule has 118 valence electrons. The van der Waals surface area contributed by atoms with Crippen LogP contribution in [0.2, 0.25) is 0 Å². The molecule has 0 radical (unpaired) electrons. The first-order valence-corrected chi connectivity index (χ1v) is 7.74. The summed E-state index contributed by atoms with van der Waals surface area (Å²) < 4.78 is 5.61. The van der Waals surface area contributed by atoms with Gasteiger partial charge in [0.25, 0.3) is 0 Å². The molecule has 2 aliphatic rings. The molecule has 0 atom stereocenters. The van der Waals surface area contributed by atoms with Crippen LogP contribution in [0.25, 0.3) is 0 Å². The van der Waals surface area contributed by atoms with Gasteiger partial charge in [-0.05, 0) is 51.5 Å². The average molecular weight is 320 g/mol. The van der Waals surface area contributed by atoms with E-state index in [1.165, 1.54) is 16.7 Å². The average Bonchev–Trinajstić information content (AvgIpc) is 3.06. The van der Waals surface area contributed by atoms with Crippen molar-refractivity contribution in [2.24, 2.45) is 5.73 Å². The first-order chi connectivity index (χ1) is 10.0. The first kappa shape index (κ1) is 15.5. The SMILES string of the molecule is Cc1cc(C)cc(C2(c3nc(C4(N)CCC4)no3)CC2)c1.Cl. The van der Waals surface area contributed by atoms with Crippen LogP contribution >= 0.6 is 12.4 Å². The molecule has 2 saturated carbocycles. The van der Waals surface area contributed by atoms with Crippen molar-refractivity contribution in [2.75, 3.05) is 0 Å². The standard InChI is InChI=1S/C17H21N3O.ClH/c1-11-8-12(2)10-13(9-11)16(6-7-16)15-19-14(20-21-15)17(18)4-3-5-17;/h8-10H,3-7,18H2,1-2H3;1H. The number of rotatable bonds is 3. The molecule has 2 aliphatic carbocycles. The summed E-state index contributed by atoms with van der Waals surface area (Å²) in [7, 11) is 0. The summed E-state index contributed by atoms with van der Waals surface area (Å²) in [6.07, 6.45) is 5.23. The summed E-state index contributed by atoms with van der Waals surface area (Å²) in [4.78, 5) is 4.67. The third-order valence-electron chi connectivity index (χ3n) is 5.05. The lowest BCUT2D eigenvalue weighted by atomic mass is 9.77. The Morgan fingerprint density at radius 3 is 2.18 bits per heavy atom. The number of hydrogen-bond donors (Lipinski definition) is 1. The monoisotopic (exact) mass is 319 g/mol. The number of nitrogens with zero attached hydrogens (tertiary/aromatic N) is 2. The zero-order valence-corrected chi connectivity index (χ0v) is 13.9. The third-order valence-corrected chi connectivity index (χ3v) is 5.05. The highest BCUT2D eigenvalue weighted by Crippen LogP contribution is 2.53. The molecule has 4 nitrogen and oxygen atoms in total. The maximum atomic E-state index is 6.30. The molecule has 2 N–H and O–H groups in total. The Morgan fingerprint density at radius 1 is 1.05 bits per heavy atom. The fraction of sp³-hybridized carbons (Fsp3) is 0.529. The van der Waals surface area contributed by atoms with Crippen molar-refractivity contribution in [2.45, 2.75) is 56.9 Å². The zero-order chi connectivity index (χ0) is 14.7. The molecule has 0 bridgehead atoms. The number of halogens is 1. The molecule has 4 rings (SSSR count). The van der Waals surface area contributed by atoms with Gasteiger partial charge in [-0.3, -0.25) is 0 Å². The Kier molecular flexibility index (Phi) is 3.57. The van der Waals surface area contributed by atoms with E-state index in [1.54, 1.807) is 0 Å². The van der Waals surface area contributed by atoms with Gasteiger partial charge in [0.15, 0.2) is 5.82 Å². The summed E-state index contributed by atoms with van der Waals surface area (Å²) in [5.74, 6) is 1.44. The van der Waals surface area contributed by atoms with E-state index in [2.05, 4.69) is 42.2 Å². The smallest absolute Gasteiger partial charge is 0.237 e. The van der Waals surface area contributed by atoms with Gasteiger partial charge in [0.1, 0.15) is 0 Å². The van der Waals surface area contributed by atoms with Crippen LogP contribution in [0.1, 0.15) is 60.5 Å². The van der Waals surface area contributed by atoms with Crippen LogP contribution in [0, 0.1) is 13.8 Å². The highest BCUT2D eigenvalue weighted by Gasteiger charge is 2.52. The van der Waals surface area contributed by atoms with Gasteiger partial charge in [-0.1, -0.05) is 34.5 Å². The lowest BCUT2D eigenvalue weighted by molar-refractivity contribution is 0.228. The number of nitrogens with two attached hydrogens (primary N) is 1. The second-order valence-corrected chi connectivity index (χ2v) is 6.89. The minimum absolute atomic E-state index is 0. The van der Waals surface area contributed by atoms with Crippen LogP contribution in [0.3, 0.4) is 0 Å². The predicted molar refractivity (Wildman–Crippen MR) is 87.2 cm³/mol. The van der Waals surface area contributed by atoms with E-state index in [1.807, 2.05) is 0 Å². The van der Waals surface area contributed by atoms with Crippen molar-refractivity contribution < 1.29 is 4.52 Å². The number of hydrogen-bond acceptors (Lipinski definition) is 4. The number of benzene rings is 1. The highest BCUT2D eigenvalue weighted by atomic mass is 35.5. The summed E-state index contributed by atoms with van der Waals surface area (Å²) >= 11 is 0. The Labute approximate surface area is 136 Å². The van der Waals surface area contributed by atoms with Gasteiger partial charge in [-0.25, -0.2) is 0 Å². The minimum atomic E-state index is -0.347. The van der Waals surface area contributed by atoms with Crippen LogP contribution in [0.4, 0.5) is 0 Å². The molecule has 2 aromatic rings. The molecule has 5 heteroatoms. The summed E-state index contributed by atoms with van der Waals surface area (Å²) in [5, 5.41) is 4.18. The van der Waals surface area contributed by atoms with Crippen LogP contribution < -0.4 is 5.73 Å². The molecule has 0 spiro atoms. The number of aromatic nitrogens is 2. The van der Waals surface area contributed by atoms with E-state index in [9.17, 15) is 0 Å². The molecular weight excluding hydrogens is 298 g/mol. The van der Waals surface area contributed by atoms with Crippen LogP contribution in [0.5, 0.6) is 0 Å². The largest absolute Gasteiger partial charge is 0.338 e. The van der Waals surface area contributed by atoms with Crippen molar-refractivity contribution in [1.29, 1.82) is 0 Å². The summed E-state index contributed by atoms with van der Waals surface area (Å²) in [6, 6.07) is 6.68. The normalized spacial score (nSPS) is 20.9. The lowest BCUT2D eigenvalue weighted by Gasteiger charge is -2.34. The van der Waals surface area contributed by atoms with Gasteiger partial charge in [-0.2, -0.15) is 4.98 Å². The van der Waals surface area contributed by atoms with Gasteiger partial charge in [0.2, 0.25) is 5.89 Å². The van der Waals surface area contributed by atoms with Crippen molar-refractivity contribution in [3.05, 3.63) is 46.6 Å². The molecule has 1 heterocycles. The first-order valence-electron chi connectivity index (χ1n) is 7.74. The molecule has 2 fully saturated rings. The maximum absolute atomic E-state index is 6.30. The Bertz CT molecular complexity index is 681. The van der Waals surface area contributed by atoms with Gasteiger partial charge >= 0.3 is 0 Å². The molecule has 1 aromatic carbocycles. The van der Waals surface area contributed by atoms with Crippen molar-refractivity contribution in [3.8, 4) is 0 Å². The Morgan fingerprint density at radius 2 is 1.68 bits per heavy atom. The molecule has 0 unspecified atom stereocenters. The second kappa shape index (κ2) is 5.07. The molecule has 0 aliphatic heterocycles. The van der Waals surface area contributed by atoms with Crippen molar-refractivity contribution >= 4 is 12.4 Å². The van der Waals surface area contributed by atoms with Gasteiger partial charge < -0.3 is 10.3 Å². The van der Waals surface area contributed by atoms with Crippen molar-refractivity contribution in [3.63, 3.8) is 0 Å². The fourth-order valence-corrected chi connectivity index (χ4v) is 3.40. The summed E-state index contributed by atoms with van der Waals surface area (Å²) in [6.45, 7) is 4.27. The molecule has 22 heavy (non-hydrogen) atoms.